The highest BCUT2D eigenvalue weighted by Crippen LogP contribution is 2.27. The summed E-state index contributed by atoms with van der Waals surface area (Å²) < 4.78 is 11.4. The standard InChI is InChI=1S/C17H24N2O4/c1-17(2,3)23-16(21)19-10-6-7-13(11-19)22-15-9-5-4-8-14(15)18-12-20/h4-5,8-9,12-13H,6-7,10-11H2,1-3H3,(H,18,20). The lowest BCUT2D eigenvalue weighted by molar-refractivity contribution is -0.105. The number of hydrogen-bond donors (Lipinski definition) is 1. The Hall–Kier alpha value is -2.24. The summed E-state index contributed by atoms with van der Waals surface area (Å²) in [6.45, 7) is 6.70. The number of piperidine rings is 1. The SMILES string of the molecule is CC(C)(C)OC(=O)N1CCCC(Oc2ccccc2NC=O)C1. The molecule has 1 aromatic rings. The maximum absolute atomic E-state index is 12.2. The number of carbonyl (C=O) groups excluding carboxylic acids is 2. The van der Waals surface area contributed by atoms with Crippen LogP contribution in [0.4, 0.5) is 10.5 Å². The van der Waals surface area contributed by atoms with Crippen molar-refractivity contribution in [3.8, 4) is 5.75 Å². The van der Waals surface area contributed by atoms with Crippen LogP contribution >= 0.6 is 0 Å². The molecule has 1 aromatic carbocycles. The summed E-state index contributed by atoms with van der Waals surface area (Å²) in [4.78, 5) is 24.5. The smallest absolute Gasteiger partial charge is 0.410 e. The van der Waals surface area contributed by atoms with Gasteiger partial charge in [0.1, 0.15) is 17.5 Å². The topological polar surface area (TPSA) is 67.9 Å². The molecule has 2 rings (SSSR count). The summed E-state index contributed by atoms with van der Waals surface area (Å²) in [5.41, 5.74) is 0.114. The normalized spacial score (nSPS) is 18.2. The van der Waals surface area contributed by atoms with Gasteiger partial charge >= 0.3 is 6.09 Å². The lowest BCUT2D eigenvalue weighted by Gasteiger charge is -2.34. The molecule has 1 aliphatic heterocycles. The molecular weight excluding hydrogens is 296 g/mol. The molecule has 0 aromatic heterocycles. The molecule has 0 saturated carbocycles. The van der Waals surface area contributed by atoms with Gasteiger partial charge in [0.15, 0.2) is 0 Å². The second kappa shape index (κ2) is 7.35. The molecule has 23 heavy (non-hydrogen) atoms. The first kappa shape index (κ1) is 17.1. The Morgan fingerprint density at radius 1 is 1.35 bits per heavy atom. The number of carbonyl (C=O) groups is 2. The van der Waals surface area contributed by atoms with Gasteiger partial charge in [-0.3, -0.25) is 4.79 Å². The number of anilines is 1. The van der Waals surface area contributed by atoms with Crippen molar-refractivity contribution in [2.45, 2.75) is 45.3 Å². The van der Waals surface area contributed by atoms with E-state index in [2.05, 4.69) is 5.32 Å². The number of benzene rings is 1. The first-order valence-electron chi connectivity index (χ1n) is 7.83. The molecule has 0 radical (unpaired) electrons. The first-order valence-corrected chi connectivity index (χ1v) is 7.83. The van der Waals surface area contributed by atoms with Crippen LogP contribution in [0, 0.1) is 0 Å². The van der Waals surface area contributed by atoms with Crippen LogP contribution in [0.3, 0.4) is 0 Å². The van der Waals surface area contributed by atoms with Gasteiger partial charge in [0.05, 0.1) is 12.2 Å². The fourth-order valence-corrected chi connectivity index (χ4v) is 2.46. The molecule has 1 heterocycles. The summed E-state index contributed by atoms with van der Waals surface area (Å²) in [6, 6.07) is 7.25. The third-order valence-corrected chi connectivity index (χ3v) is 3.42. The number of para-hydroxylation sites is 2. The fourth-order valence-electron chi connectivity index (χ4n) is 2.46. The highest BCUT2D eigenvalue weighted by molar-refractivity contribution is 5.75. The molecule has 1 aliphatic rings. The van der Waals surface area contributed by atoms with Crippen LogP contribution in [0.1, 0.15) is 33.6 Å². The largest absolute Gasteiger partial charge is 0.486 e. The van der Waals surface area contributed by atoms with Gasteiger partial charge in [0, 0.05) is 6.54 Å². The number of nitrogens with one attached hydrogen (secondary N) is 1. The fraction of sp³-hybridized carbons (Fsp3) is 0.529. The number of likely N-dealkylation sites (tertiary alicyclic amines) is 1. The van der Waals surface area contributed by atoms with Gasteiger partial charge in [-0.2, -0.15) is 0 Å². The van der Waals surface area contributed by atoms with E-state index in [1.807, 2.05) is 32.9 Å². The molecule has 1 fully saturated rings. The van der Waals surface area contributed by atoms with E-state index in [1.165, 1.54) is 0 Å². The zero-order valence-corrected chi connectivity index (χ0v) is 13.9. The van der Waals surface area contributed by atoms with Crippen molar-refractivity contribution in [2.75, 3.05) is 18.4 Å². The number of hydrogen-bond acceptors (Lipinski definition) is 4. The van der Waals surface area contributed by atoms with Crippen LogP contribution in [-0.4, -0.2) is 42.2 Å². The molecule has 0 bridgehead atoms. The van der Waals surface area contributed by atoms with E-state index in [1.54, 1.807) is 17.0 Å². The van der Waals surface area contributed by atoms with E-state index in [0.29, 0.717) is 30.9 Å². The summed E-state index contributed by atoms with van der Waals surface area (Å²) in [5.74, 6) is 0.607. The minimum absolute atomic E-state index is 0.120. The van der Waals surface area contributed by atoms with Crippen LogP contribution < -0.4 is 10.1 Å². The average molecular weight is 320 g/mol. The summed E-state index contributed by atoms with van der Waals surface area (Å²) >= 11 is 0. The number of ether oxygens (including phenoxy) is 2. The Morgan fingerprint density at radius 2 is 2.09 bits per heavy atom. The van der Waals surface area contributed by atoms with E-state index in [0.717, 1.165) is 12.8 Å². The molecule has 2 amide bonds. The zero-order valence-electron chi connectivity index (χ0n) is 13.9. The van der Waals surface area contributed by atoms with E-state index >= 15 is 0 Å². The lowest BCUT2D eigenvalue weighted by atomic mass is 10.1. The predicted molar refractivity (Wildman–Crippen MR) is 87.6 cm³/mol. The Bertz CT molecular complexity index is 554. The second-order valence-corrected chi connectivity index (χ2v) is 6.57. The molecule has 6 nitrogen and oxygen atoms in total. The minimum Gasteiger partial charge on any atom is -0.486 e. The van der Waals surface area contributed by atoms with E-state index in [9.17, 15) is 9.59 Å². The van der Waals surface area contributed by atoms with Crippen LogP contribution in [0.15, 0.2) is 24.3 Å². The van der Waals surface area contributed by atoms with Crippen molar-refractivity contribution in [2.24, 2.45) is 0 Å². The van der Waals surface area contributed by atoms with Gasteiger partial charge in [-0.15, -0.1) is 0 Å². The average Bonchev–Trinajstić information content (AvgIpc) is 2.48. The maximum Gasteiger partial charge on any atom is 0.410 e. The number of rotatable bonds is 4. The van der Waals surface area contributed by atoms with Gasteiger partial charge < -0.3 is 19.7 Å². The van der Waals surface area contributed by atoms with Crippen molar-refractivity contribution in [1.29, 1.82) is 0 Å². The van der Waals surface area contributed by atoms with Crippen LogP contribution in [0.5, 0.6) is 5.75 Å². The summed E-state index contributed by atoms with van der Waals surface area (Å²) in [6.07, 6.45) is 1.90. The molecule has 6 heteroatoms. The Kier molecular flexibility index (Phi) is 5.47. The molecule has 1 saturated heterocycles. The minimum atomic E-state index is -0.509. The predicted octanol–water partition coefficient (Wildman–Crippen LogP) is 3.03. The van der Waals surface area contributed by atoms with E-state index in [4.69, 9.17) is 9.47 Å². The van der Waals surface area contributed by atoms with Gasteiger partial charge in [-0.1, -0.05) is 12.1 Å². The highest BCUT2D eigenvalue weighted by Gasteiger charge is 2.28. The Balaban J connectivity index is 1.99. The van der Waals surface area contributed by atoms with Crippen molar-refractivity contribution >= 4 is 18.2 Å². The highest BCUT2D eigenvalue weighted by atomic mass is 16.6. The van der Waals surface area contributed by atoms with Crippen molar-refractivity contribution in [3.05, 3.63) is 24.3 Å². The monoisotopic (exact) mass is 320 g/mol. The lowest BCUT2D eigenvalue weighted by Crippen LogP contribution is -2.46. The summed E-state index contributed by atoms with van der Waals surface area (Å²) in [7, 11) is 0. The van der Waals surface area contributed by atoms with Crippen LogP contribution in [-0.2, 0) is 9.53 Å². The zero-order chi connectivity index (χ0) is 16.9. The Morgan fingerprint density at radius 3 is 2.78 bits per heavy atom. The molecule has 1 N–H and O–H groups in total. The third-order valence-electron chi connectivity index (χ3n) is 3.42. The van der Waals surface area contributed by atoms with E-state index < -0.39 is 5.60 Å². The van der Waals surface area contributed by atoms with Crippen LogP contribution in [0.25, 0.3) is 0 Å². The summed E-state index contributed by atoms with van der Waals surface area (Å²) in [5, 5.41) is 2.62. The van der Waals surface area contributed by atoms with Crippen LogP contribution in [0.2, 0.25) is 0 Å². The third kappa shape index (κ3) is 5.16. The quantitative estimate of drug-likeness (QED) is 0.866. The Labute approximate surface area is 136 Å². The van der Waals surface area contributed by atoms with Crippen molar-refractivity contribution < 1.29 is 19.1 Å². The molecule has 1 unspecified atom stereocenters. The first-order chi connectivity index (χ1) is 10.9. The molecule has 1 atom stereocenters. The maximum atomic E-state index is 12.2. The molecular formula is C17H24N2O4. The van der Waals surface area contributed by atoms with E-state index in [-0.39, 0.29) is 12.2 Å². The number of nitrogens with zero attached hydrogens (tertiary/aromatic N) is 1. The molecule has 126 valence electrons. The molecule has 0 aliphatic carbocycles. The van der Waals surface area contributed by atoms with Gasteiger partial charge in [0.2, 0.25) is 6.41 Å². The molecule has 0 spiro atoms. The van der Waals surface area contributed by atoms with Gasteiger partial charge in [-0.05, 0) is 45.7 Å². The van der Waals surface area contributed by atoms with Crippen molar-refractivity contribution in [3.63, 3.8) is 0 Å². The van der Waals surface area contributed by atoms with Gasteiger partial charge in [-0.25, -0.2) is 4.79 Å². The number of amides is 2. The second-order valence-electron chi connectivity index (χ2n) is 6.57. The van der Waals surface area contributed by atoms with Crippen molar-refractivity contribution in [1.82, 2.24) is 4.90 Å². The van der Waals surface area contributed by atoms with Gasteiger partial charge in [0.25, 0.3) is 0 Å².